The number of fused-ring (bicyclic) bond motifs is 5. The molecule has 0 aromatic heterocycles. The molecular weight excluding hydrogens is 400 g/mol. The highest BCUT2D eigenvalue weighted by Gasteiger charge is 2.70. The smallest absolute Gasteiger partial charge is 0.306 e. The molecule has 0 saturated heterocycles. The first-order chi connectivity index (χ1) is 14.1. The van der Waals surface area contributed by atoms with Crippen LogP contribution in [0, 0.1) is 34.5 Å². The molecule has 4 nitrogen and oxygen atoms in total. The van der Waals surface area contributed by atoms with Crippen molar-refractivity contribution in [2.75, 3.05) is 5.88 Å². The Morgan fingerprint density at radius 2 is 2.00 bits per heavy atom. The first-order valence-electron chi connectivity index (χ1n) is 11.7. The number of esters is 1. The average molecular weight is 435 g/mol. The van der Waals surface area contributed by atoms with E-state index in [1.165, 1.54) is 5.57 Å². The number of hydrogen-bond acceptors (Lipinski definition) is 4. The molecule has 4 rings (SSSR count). The van der Waals surface area contributed by atoms with Crippen molar-refractivity contribution in [2.24, 2.45) is 34.5 Å². The topological polar surface area (TPSA) is 60.4 Å². The first kappa shape index (κ1) is 22.0. The average Bonchev–Trinajstić information content (AvgIpc) is 2.95. The van der Waals surface area contributed by atoms with Gasteiger partial charge >= 0.3 is 5.97 Å². The van der Waals surface area contributed by atoms with Gasteiger partial charge in [-0.25, -0.2) is 0 Å². The molecule has 0 aliphatic heterocycles. The van der Waals surface area contributed by atoms with Gasteiger partial charge in [-0.3, -0.25) is 14.4 Å². The lowest BCUT2D eigenvalue weighted by Gasteiger charge is -2.57. The summed E-state index contributed by atoms with van der Waals surface area (Å²) in [5.74, 6) is 0.877. The minimum atomic E-state index is -1.14. The molecule has 0 aromatic carbocycles. The minimum absolute atomic E-state index is 0.0551. The van der Waals surface area contributed by atoms with Crippen LogP contribution in [0.2, 0.25) is 0 Å². The van der Waals surface area contributed by atoms with Crippen LogP contribution in [-0.4, -0.2) is 29.0 Å². The van der Waals surface area contributed by atoms with Crippen LogP contribution in [0.15, 0.2) is 11.6 Å². The number of allylic oxidation sites excluding steroid dienone is 2. The third-order valence-corrected chi connectivity index (χ3v) is 9.73. The Kier molecular flexibility index (Phi) is 5.48. The number of rotatable bonds is 4. The number of ether oxygens (including phenoxy) is 1. The molecule has 7 atom stereocenters. The van der Waals surface area contributed by atoms with Crippen LogP contribution in [0.3, 0.4) is 0 Å². The maximum atomic E-state index is 13.3. The molecule has 3 saturated carbocycles. The molecule has 3 fully saturated rings. The van der Waals surface area contributed by atoms with Gasteiger partial charge < -0.3 is 4.74 Å². The van der Waals surface area contributed by atoms with Gasteiger partial charge in [-0.2, -0.15) is 0 Å². The fourth-order valence-corrected chi connectivity index (χ4v) is 8.06. The molecule has 5 heteroatoms. The van der Waals surface area contributed by atoms with Gasteiger partial charge in [-0.15, -0.1) is 11.6 Å². The summed E-state index contributed by atoms with van der Waals surface area (Å²) in [6.07, 6.45) is 8.66. The molecule has 30 heavy (non-hydrogen) atoms. The van der Waals surface area contributed by atoms with Crippen LogP contribution in [0.4, 0.5) is 0 Å². The molecule has 0 aromatic rings. The van der Waals surface area contributed by atoms with E-state index in [9.17, 15) is 14.4 Å². The Bertz CT molecular complexity index is 803. The summed E-state index contributed by atoms with van der Waals surface area (Å²) >= 11 is 6.08. The van der Waals surface area contributed by atoms with Crippen LogP contribution >= 0.6 is 11.6 Å². The monoisotopic (exact) mass is 434 g/mol. The molecule has 0 amide bonds. The minimum Gasteiger partial charge on any atom is -0.450 e. The van der Waals surface area contributed by atoms with Crippen molar-refractivity contribution in [1.29, 1.82) is 0 Å². The lowest BCUT2D eigenvalue weighted by molar-refractivity contribution is -0.187. The van der Waals surface area contributed by atoms with Crippen molar-refractivity contribution in [2.45, 2.75) is 84.7 Å². The van der Waals surface area contributed by atoms with Crippen LogP contribution in [0.25, 0.3) is 0 Å². The zero-order chi connectivity index (χ0) is 21.9. The molecule has 166 valence electrons. The molecule has 4 aliphatic rings. The summed E-state index contributed by atoms with van der Waals surface area (Å²) in [4.78, 5) is 37.8. The third kappa shape index (κ3) is 2.81. The van der Waals surface area contributed by atoms with Gasteiger partial charge in [-0.05, 0) is 55.3 Å². The highest BCUT2D eigenvalue weighted by molar-refractivity contribution is 6.29. The Morgan fingerprint density at radius 1 is 1.27 bits per heavy atom. The quantitative estimate of drug-likeness (QED) is 0.344. The van der Waals surface area contributed by atoms with E-state index in [1.807, 2.05) is 0 Å². The molecule has 0 unspecified atom stereocenters. The Labute approximate surface area is 185 Å². The predicted octanol–water partition coefficient (Wildman–Crippen LogP) is 5.26. The summed E-state index contributed by atoms with van der Waals surface area (Å²) < 4.78 is 6.06. The lowest BCUT2D eigenvalue weighted by atomic mass is 9.48. The van der Waals surface area contributed by atoms with Gasteiger partial charge in [0.15, 0.2) is 11.4 Å². The number of Topliss-reactive ketones (excluding diaryl/α,β-unsaturated/α-hetero) is 2. The lowest BCUT2D eigenvalue weighted by Crippen LogP contribution is -2.59. The summed E-state index contributed by atoms with van der Waals surface area (Å²) in [5.41, 5.74) is 0.0141. The fraction of sp³-hybridized carbons (Fsp3) is 0.800. The number of alkyl halides is 1. The standard InChI is InChI=1S/C25H35ClO4/c1-5-22(29)30-25(21(28)14-26)15(2)12-20-18-7-6-16-13-17(27)8-10-23(16,3)19(18)9-11-24(20,25)4/h9,15-16,18,20H,5-8,10-14H2,1-4H3/t15-,16+,18+,20-,23-,24-,25-/m0/s1. The van der Waals surface area contributed by atoms with E-state index in [1.54, 1.807) is 6.92 Å². The second-order valence-corrected chi connectivity index (χ2v) is 11.0. The molecule has 0 N–H and O–H groups in total. The number of halogens is 1. The van der Waals surface area contributed by atoms with E-state index < -0.39 is 11.0 Å². The van der Waals surface area contributed by atoms with E-state index in [0.29, 0.717) is 36.4 Å². The number of ketones is 2. The second kappa shape index (κ2) is 7.46. The van der Waals surface area contributed by atoms with Gasteiger partial charge in [-0.1, -0.05) is 39.3 Å². The van der Waals surface area contributed by atoms with Gasteiger partial charge in [0.1, 0.15) is 5.78 Å². The summed E-state index contributed by atoms with van der Waals surface area (Å²) in [6, 6.07) is 0. The fourth-order valence-electron chi connectivity index (χ4n) is 7.87. The van der Waals surface area contributed by atoms with E-state index in [0.717, 1.165) is 32.1 Å². The van der Waals surface area contributed by atoms with E-state index in [2.05, 4.69) is 26.8 Å². The number of hydrogen-bond donors (Lipinski definition) is 0. The van der Waals surface area contributed by atoms with Crippen LogP contribution in [0.5, 0.6) is 0 Å². The molecule has 4 aliphatic carbocycles. The van der Waals surface area contributed by atoms with Crippen LogP contribution in [0.1, 0.15) is 79.1 Å². The SMILES string of the molecule is CCC(=O)O[C@]1(C(=O)CCl)[C@@H](C)C[C@H]2[C@@H]3CC[C@@H]4CC(=O)CC[C@]4(C)C3=CC[C@@]21C. The van der Waals surface area contributed by atoms with E-state index >= 15 is 0 Å². The molecule has 0 bridgehead atoms. The maximum absolute atomic E-state index is 13.3. The van der Waals surface area contributed by atoms with Gasteiger partial charge in [0.25, 0.3) is 0 Å². The normalized spacial score (nSPS) is 45.1. The van der Waals surface area contributed by atoms with Gasteiger partial charge in [0, 0.05) is 30.6 Å². The maximum Gasteiger partial charge on any atom is 0.306 e. The molecule has 0 spiro atoms. The second-order valence-electron chi connectivity index (χ2n) is 10.7. The number of carbonyl (C=O) groups excluding carboxylic acids is 3. The van der Waals surface area contributed by atoms with Crippen molar-refractivity contribution >= 4 is 29.1 Å². The van der Waals surface area contributed by atoms with Crippen LogP contribution < -0.4 is 0 Å². The highest BCUT2D eigenvalue weighted by atomic mass is 35.5. The molecular formula is C25H35ClO4. The Hall–Kier alpha value is -1.16. The Balaban J connectivity index is 1.77. The van der Waals surface area contributed by atoms with Crippen LogP contribution in [-0.2, 0) is 19.1 Å². The van der Waals surface area contributed by atoms with Gasteiger partial charge in [0.2, 0.25) is 0 Å². The van der Waals surface area contributed by atoms with E-state index in [4.69, 9.17) is 16.3 Å². The largest absolute Gasteiger partial charge is 0.450 e. The first-order valence-corrected chi connectivity index (χ1v) is 12.2. The van der Waals surface area contributed by atoms with Crippen molar-refractivity contribution in [1.82, 2.24) is 0 Å². The Morgan fingerprint density at radius 3 is 2.67 bits per heavy atom. The molecule has 0 heterocycles. The van der Waals surface area contributed by atoms with Crippen molar-refractivity contribution in [3.8, 4) is 0 Å². The zero-order valence-corrected chi connectivity index (χ0v) is 19.5. The predicted molar refractivity (Wildman–Crippen MR) is 116 cm³/mol. The number of carbonyl (C=O) groups is 3. The summed E-state index contributed by atoms with van der Waals surface area (Å²) in [5, 5.41) is 0. The van der Waals surface area contributed by atoms with Crippen molar-refractivity contribution < 1.29 is 19.1 Å². The van der Waals surface area contributed by atoms with Gasteiger partial charge in [0.05, 0.1) is 5.88 Å². The highest BCUT2D eigenvalue weighted by Crippen LogP contribution is 2.68. The zero-order valence-electron chi connectivity index (χ0n) is 18.8. The van der Waals surface area contributed by atoms with Crippen molar-refractivity contribution in [3.05, 3.63) is 11.6 Å². The third-order valence-electron chi connectivity index (χ3n) is 9.48. The van der Waals surface area contributed by atoms with Crippen molar-refractivity contribution in [3.63, 3.8) is 0 Å². The van der Waals surface area contributed by atoms with E-state index in [-0.39, 0.29) is 35.4 Å². The summed E-state index contributed by atoms with van der Waals surface area (Å²) in [7, 11) is 0. The molecule has 0 radical (unpaired) electrons. The summed E-state index contributed by atoms with van der Waals surface area (Å²) in [6.45, 7) is 8.34.